The van der Waals surface area contributed by atoms with Gasteiger partial charge in [0.1, 0.15) is 0 Å². The van der Waals surface area contributed by atoms with Crippen molar-refractivity contribution in [2.45, 2.75) is 32.1 Å². The fourth-order valence-corrected chi connectivity index (χ4v) is 1.94. The van der Waals surface area contributed by atoms with Crippen molar-refractivity contribution in [3.8, 4) is 0 Å². The molecule has 0 bridgehead atoms. The third kappa shape index (κ3) is 3.38. The highest BCUT2D eigenvalue weighted by molar-refractivity contribution is 5.82. The topological polar surface area (TPSA) is 66.4 Å². The van der Waals surface area contributed by atoms with Crippen LogP contribution in [0.25, 0.3) is 0 Å². The molecule has 1 rings (SSSR count). The molecule has 0 aromatic carbocycles. The van der Waals surface area contributed by atoms with Crippen LogP contribution < -0.4 is 5.32 Å². The Hall–Kier alpha value is -1.32. The van der Waals surface area contributed by atoms with Gasteiger partial charge in [0.25, 0.3) is 0 Å². The van der Waals surface area contributed by atoms with Gasteiger partial charge in [0.2, 0.25) is 5.91 Å². The molecule has 15 heavy (non-hydrogen) atoms. The smallest absolute Gasteiger partial charge is 0.303 e. The van der Waals surface area contributed by atoms with Gasteiger partial charge in [-0.25, -0.2) is 0 Å². The zero-order valence-corrected chi connectivity index (χ0v) is 8.95. The van der Waals surface area contributed by atoms with E-state index in [9.17, 15) is 9.59 Å². The van der Waals surface area contributed by atoms with Gasteiger partial charge >= 0.3 is 5.97 Å². The van der Waals surface area contributed by atoms with Crippen LogP contribution >= 0.6 is 0 Å². The highest BCUT2D eigenvalue weighted by atomic mass is 16.4. The Balaban J connectivity index is 2.60. The Bertz CT molecular complexity index is 284. The molecule has 1 unspecified atom stereocenters. The number of hydrogen-bond donors (Lipinski definition) is 2. The van der Waals surface area contributed by atoms with Crippen LogP contribution in [0, 0.1) is 5.92 Å². The van der Waals surface area contributed by atoms with E-state index in [-0.39, 0.29) is 18.2 Å². The van der Waals surface area contributed by atoms with Gasteiger partial charge in [0.05, 0.1) is 5.92 Å². The molecule has 2 N–H and O–H groups in total. The molecule has 1 aliphatic carbocycles. The van der Waals surface area contributed by atoms with Crippen LogP contribution in [-0.2, 0) is 9.59 Å². The summed E-state index contributed by atoms with van der Waals surface area (Å²) in [6.45, 7) is 0. The van der Waals surface area contributed by atoms with E-state index < -0.39 is 5.97 Å². The van der Waals surface area contributed by atoms with Gasteiger partial charge in [-0.2, -0.15) is 0 Å². The summed E-state index contributed by atoms with van der Waals surface area (Å²) in [5, 5.41) is 11.2. The molecule has 84 valence electrons. The second kappa shape index (κ2) is 5.53. The molecule has 0 heterocycles. The third-order valence-electron chi connectivity index (χ3n) is 2.73. The lowest BCUT2D eigenvalue weighted by Crippen LogP contribution is -2.28. The Labute approximate surface area is 89.4 Å². The van der Waals surface area contributed by atoms with Gasteiger partial charge < -0.3 is 10.4 Å². The first-order valence-corrected chi connectivity index (χ1v) is 5.27. The van der Waals surface area contributed by atoms with Crippen molar-refractivity contribution in [3.05, 3.63) is 11.6 Å². The minimum atomic E-state index is -0.845. The Morgan fingerprint density at radius 1 is 1.60 bits per heavy atom. The molecule has 0 saturated carbocycles. The summed E-state index contributed by atoms with van der Waals surface area (Å²) in [6, 6.07) is 0. The number of hydrogen-bond acceptors (Lipinski definition) is 2. The normalized spacial score (nSPS) is 17.0. The van der Waals surface area contributed by atoms with Crippen LogP contribution in [0.2, 0.25) is 0 Å². The maximum atomic E-state index is 11.6. The highest BCUT2D eigenvalue weighted by Crippen LogP contribution is 2.28. The number of nitrogens with one attached hydrogen (secondary N) is 1. The predicted molar refractivity (Wildman–Crippen MR) is 56.4 cm³/mol. The molecular formula is C11H17NO3. The molecule has 1 aliphatic rings. The summed E-state index contributed by atoms with van der Waals surface area (Å²) in [5.41, 5.74) is 1.11. The SMILES string of the molecule is CNC(=O)C(CCC(=O)O)C1=CCCC1. The van der Waals surface area contributed by atoms with Crippen molar-refractivity contribution < 1.29 is 14.7 Å². The molecule has 0 fully saturated rings. The lowest BCUT2D eigenvalue weighted by molar-refractivity contribution is -0.137. The quantitative estimate of drug-likeness (QED) is 0.674. The van der Waals surface area contributed by atoms with Crippen LogP contribution in [-0.4, -0.2) is 24.0 Å². The summed E-state index contributed by atoms with van der Waals surface area (Å²) in [4.78, 5) is 22.0. The number of allylic oxidation sites excluding steroid dienone is 1. The number of carboxylic acid groups (broad SMARTS) is 1. The second-order valence-electron chi connectivity index (χ2n) is 3.77. The standard InChI is InChI=1S/C11H17NO3/c1-12-11(15)9(6-7-10(13)14)8-4-2-3-5-8/h4,9H,2-3,5-7H2,1H3,(H,12,15)(H,13,14). The Kier molecular flexibility index (Phi) is 4.34. The van der Waals surface area contributed by atoms with Gasteiger partial charge in [-0.3, -0.25) is 9.59 Å². The van der Waals surface area contributed by atoms with E-state index in [4.69, 9.17) is 5.11 Å². The Morgan fingerprint density at radius 3 is 2.80 bits per heavy atom. The molecule has 4 nitrogen and oxygen atoms in total. The molecule has 0 aromatic rings. The molecule has 0 aliphatic heterocycles. The van der Waals surface area contributed by atoms with Crippen molar-refractivity contribution in [3.63, 3.8) is 0 Å². The number of carbonyl (C=O) groups is 2. The van der Waals surface area contributed by atoms with Crippen LogP contribution in [0.1, 0.15) is 32.1 Å². The van der Waals surface area contributed by atoms with Crippen LogP contribution in [0.3, 0.4) is 0 Å². The van der Waals surface area contributed by atoms with Crippen molar-refractivity contribution in [1.29, 1.82) is 0 Å². The summed E-state index contributed by atoms with van der Waals surface area (Å²) in [6.07, 6.45) is 5.54. The fraction of sp³-hybridized carbons (Fsp3) is 0.636. The maximum Gasteiger partial charge on any atom is 0.303 e. The zero-order valence-electron chi connectivity index (χ0n) is 8.95. The first kappa shape index (κ1) is 11.8. The fourth-order valence-electron chi connectivity index (χ4n) is 1.94. The summed E-state index contributed by atoms with van der Waals surface area (Å²) in [7, 11) is 1.59. The molecule has 0 spiro atoms. The predicted octanol–water partition coefficient (Wildman–Crippen LogP) is 1.32. The van der Waals surface area contributed by atoms with E-state index in [1.807, 2.05) is 0 Å². The molecule has 4 heteroatoms. The van der Waals surface area contributed by atoms with E-state index in [2.05, 4.69) is 11.4 Å². The number of aliphatic carboxylic acids is 1. The van der Waals surface area contributed by atoms with Crippen molar-refractivity contribution in [1.82, 2.24) is 5.32 Å². The van der Waals surface area contributed by atoms with Crippen LogP contribution in [0.15, 0.2) is 11.6 Å². The van der Waals surface area contributed by atoms with Crippen molar-refractivity contribution in [2.75, 3.05) is 7.05 Å². The largest absolute Gasteiger partial charge is 0.481 e. The van der Waals surface area contributed by atoms with Crippen LogP contribution in [0.5, 0.6) is 0 Å². The molecule has 0 radical (unpaired) electrons. The Morgan fingerprint density at radius 2 is 2.33 bits per heavy atom. The average molecular weight is 211 g/mol. The van der Waals surface area contributed by atoms with Gasteiger partial charge in [0, 0.05) is 13.5 Å². The van der Waals surface area contributed by atoms with E-state index in [0.717, 1.165) is 24.8 Å². The average Bonchev–Trinajstić information content (AvgIpc) is 2.70. The monoisotopic (exact) mass is 211 g/mol. The van der Waals surface area contributed by atoms with Gasteiger partial charge in [-0.1, -0.05) is 11.6 Å². The minimum Gasteiger partial charge on any atom is -0.481 e. The van der Waals surface area contributed by atoms with Gasteiger partial charge in [0.15, 0.2) is 0 Å². The van der Waals surface area contributed by atoms with E-state index >= 15 is 0 Å². The second-order valence-corrected chi connectivity index (χ2v) is 3.77. The zero-order chi connectivity index (χ0) is 11.3. The molecular weight excluding hydrogens is 194 g/mol. The van der Waals surface area contributed by atoms with Crippen molar-refractivity contribution in [2.24, 2.45) is 5.92 Å². The summed E-state index contributed by atoms with van der Waals surface area (Å²) >= 11 is 0. The van der Waals surface area contributed by atoms with E-state index in [1.165, 1.54) is 0 Å². The van der Waals surface area contributed by atoms with E-state index in [0.29, 0.717) is 6.42 Å². The third-order valence-corrected chi connectivity index (χ3v) is 2.73. The van der Waals surface area contributed by atoms with Gasteiger partial charge in [-0.05, 0) is 25.7 Å². The first-order valence-electron chi connectivity index (χ1n) is 5.27. The number of carbonyl (C=O) groups excluding carboxylic acids is 1. The van der Waals surface area contributed by atoms with Gasteiger partial charge in [-0.15, -0.1) is 0 Å². The molecule has 1 atom stereocenters. The lowest BCUT2D eigenvalue weighted by atomic mass is 9.92. The minimum absolute atomic E-state index is 0.0510. The van der Waals surface area contributed by atoms with E-state index in [1.54, 1.807) is 7.05 Å². The number of rotatable bonds is 5. The lowest BCUT2D eigenvalue weighted by Gasteiger charge is -2.15. The number of carboxylic acids is 1. The molecule has 1 amide bonds. The summed E-state index contributed by atoms with van der Waals surface area (Å²) < 4.78 is 0. The number of amides is 1. The maximum absolute atomic E-state index is 11.6. The first-order chi connectivity index (χ1) is 7.15. The van der Waals surface area contributed by atoms with Crippen LogP contribution in [0.4, 0.5) is 0 Å². The highest BCUT2D eigenvalue weighted by Gasteiger charge is 2.23. The van der Waals surface area contributed by atoms with Crippen molar-refractivity contribution >= 4 is 11.9 Å². The molecule has 0 saturated heterocycles. The summed E-state index contributed by atoms with van der Waals surface area (Å²) in [5.74, 6) is -1.15. The molecule has 0 aromatic heterocycles.